The summed E-state index contributed by atoms with van der Waals surface area (Å²) in [6, 6.07) is 5.23. The van der Waals surface area contributed by atoms with Gasteiger partial charge in [0, 0.05) is 29.3 Å². The average Bonchev–Trinajstić information content (AvgIpc) is 2.90. The second kappa shape index (κ2) is 6.62. The summed E-state index contributed by atoms with van der Waals surface area (Å²) in [5.74, 6) is -1.67. The van der Waals surface area contributed by atoms with Crippen LogP contribution in [0.1, 0.15) is 12.5 Å². The molecule has 0 aliphatic carbocycles. The van der Waals surface area contributed by atoms with Gasteiger partial charge in [0.1, 0.15) is 5.75 Å². The number of benzene rings is 2. The molecule has 3 aromatic rings. The summed E-state index contributed by atoms with van der Waals surface area (Å²) in [7, 11) is 0. The van der Waals surface area contributed by atoms with Crippen molar-refractivity contribution in [1.82, 2.24) is 15.3 Å². The normalized spacial score (nSPS) is 11.2. The lowest BCUT2D eigenvalue weighted by atomic mass is 10.1. The molecule has 0 bridgehead atoms. The number of fused-ring (bicyclic) bond motifs is 1. The molecule has 1 aromatic heterocycles. The molecule has 8 heteroatoms. The van der Waals surface area contributed by atoms with Gasteiger partial charge in [0.25, 0.3) is 0 Å². The SMILES string of the molecule is CCNCc1cc(Cl)cc(Nc2nc3cc(F)c(F)cc3[nH]2)c1O. The van der Waals surface area contributed by atoms with Crippen LogP contribution in [0, 0.1) is 11.6 Å². The highest BCUT2D eigenvalue weighted by molar-refractivity contribution is 6.31. The molecule has 2 aromatic carbocycles. The molecule has 24 heavy (non-hydrogen) atoms. The number of nitrogens with one attached hydrogen (secondary N) is 3. The highest BCUT2D eigenvalue weighted by Crippen LogP contribution is 2.33. The second-order valence-electron chi connectivity index (χ2n) is 5.24. The minimum absolute atomic E-state index is 0.0261. The number of aromatic amines is 1. The fourth-order valence-electron chi connectivity index (χ4n) is 2.34. The number of hydrogen-bond donors (Lipinski definition) is 4. The lowest BCUT2D eigenvalue weighted by molar-refractivity contribution is 0.467. The van der Waals surface area contributed by atoms with Crippen molar-refractivity contribution in [1.29, 1.82) is 0 Å². The van der Waals surface area contributed by atoms with Crippen LogP contribution >= 0.6 is 11.6 Å². The lowest BCUT2D eigenvalue weighted by Gasteiger charge is -2.11. The highest BCUT2D eigenvalue weighted by Gasteiger charge is 2.13. The summed E-state index contributed by atoms with van der Waals surface area (Å²) in [5.41, 5.74) is 1.58. The van der Waals surface area contributed by atoms with Crippen molar-refractivity contribution < 1.29 is 13.9 Å². The molecule has 0 fully saturated rings. The van der Waals surface area contributed by atoms with Gasteiger partial charge in [-0.2, -0.15) is 0 Å². The molecule has 0 saturated heterocycles. The zero-order valence-electron chi connectivity index (χ0n) is 12.8. The Bertz CT molecular complexity index is 858. The van der Waals surface area contributed by atoms with Crippen molar-refractivity contribution in [3.8, 4) is 5.75 Å². The number of halogens is 3. The van der Waals surface area contributed by atoms with Crippen molar-refractivity contribution in [2.75, 3.05) is 11.9 Å². The molecule has 0 spiro atoms. The molecule has 0 amide bonds. The van der Waals surface area contributed by atoms with Gasteiger partial charge in [-0.3, -0.25) is 0 Å². The first-order valence-electron chi connectivity index (χ1n) is 7.31. The first kappa shape index (κ1) is 16.5. The maximum atomic E-state index is 13.3. The number of H-pyrrole nitrogens is 1. The first-order chi connectivity index (χ1) is 11.5. The van der Waals surface area contributed by atoms with Crippen molar-refractivity contribution >= 4 is 34.3 Å². The molecule has 4 N–H and O–H groups in total. The van der Waals surface area contributed by atoms with Gasteiger partial charge < -0.3 is 20.7 Å². The summed E-state index contributed by atoms with van der Waals surface area (Å²) < 4.78 is 26.5. The molecular formula is C16H15ClF2N4O. The number of phenols is 1. The fraction of sp³-hybridized carbons (Fsp3) is 0.188. The molecule has 0 unspecified atom stereocenters. The number of hydrogen-bond acceptors (Lipinski definition) is 4. The Hall–Kier alpha value is -2.38. The summed E-state index contributed by atoms with van der Waals surface area (Å²) in [4.78, 5) is 6.95. The Kier molecular flexibility index (Phi) is 4.55. The number of aromatic nitrogens is 2. The van der Waals surface area contributed by atoms with E-state index in [0.717, 1.165) is 18.7 Å². The number of anilines is 2. The van der Waals surface area contributed by atoms with Crippen LogP contribution in [0.2, 0.25) is 5.02 Å². The average molecular weight is 353 g/mol. The van der Waals surface area contributed by atoms with Gasteiger partial charge in [-0.25, -0.2) is 13.8 Å². The molecule has 1 heterocycles. The predicted molar refractivity (Wildman–Crippen MR) is 89.8 cm³/mol. The maximum Gasteiger partial charge on any atom is 0.205 e. The Morgan fingerprint density at radius 3 is 2.71 bits per heavy atom. The van der Waals surface area contributed by atoms with Crippen molar-refractivity contribution in [3.05, 3.63) is 46.5 Å². The van der Waals surface area contributed by atoms with Gasteiger partial charge in [-0.1, -0.05) is 18.5 Å². The van der Waals surface area contributed by atoms with E-state index < -0.39 is 11.6 Å². The van der Waals surface area contributed by atoms with Crippen LogP contribution in [0.4, 0.5) is 20.4 Å². The lowest BCUT2D eigenvalue weighted by Crippen LogP contribution is -2.12. The Balaban J connectivity index is 1.94. The third kappa shape index (κ3) is 3.27. The third-order valence-corrected chi connectivity index (χ3v) is 3.71. The first-order valence-corrected chi connectivity index (χ1v) is 7.69. The van der Waals surface area contributed by atoms with Gasteiger partial charge in [0.05, 0.1) is 16.7 Å². The van der Waals surface area contributed by atoms with E-state index in [2.05, 4.69) is 20.6 Å². The smallest absolute Gasteiger partial charge is 0.205 e. The van der Waals surface area contributed by atoms with E-state index in [4.69, 9.17) is 11.6 Å². The van der Waals surface area contributed by atoms with Crippen LogP contribution in [-0.2, 0) is 6.54 Å². The second-order valence-corrected chi connectivity index (χ2v) is 5.67. The van der Waals surface area contributed by atoms with E-state index in [1.54, 1.807) is 12.1 Å². The highest BCUT2D eigenvalue weighted by atomic mass is 35.5. The van der Waals surface area contributed by atoms with Crippen LogP contribution in [0.3, 0.4) is 0 Å². The fourth-order valence-corrected chi connectivity index (χ4v) is 2.58. The van der Waals surface area contributed by atoms with E-state index in [0.29, 0.717) is 28.3 Å². The number of phenolic OH excluding ortho intramolecular Hbond substituents is 1. The number of rotatable bonds is 5. The third-order valence-electron chi connectivity index (χ3n) is 3.50. The molecule has 126 valence electrons. The summed E-state index contributed by atoms with van der Waals surface area (Å²) >= 11 is 6.08. The number of imidazole rings is 1. The zero-order valence-corrected chi connectivity index (χ0v) is 13.5. The van der Waals surface area contributed by atoms with Crippen molar-refractivity contribution in [2.24, 2.45) is 0 Å². The summed E-state index contributed by atoms with van der Waals surface area (Å²) in [5, 5.41) is 16.8. The molecule has 0 aliphatic rings. The van der Waals surface area contributed by atoms with Crippen LogP contribution in [0.15, 0.2) is 24.3 Å². The van der Waals surface area contributed by atoms with Crippen LogP contribution < -0.4 is 10.6 Å². The molecule has 0 aliphatic heterocycles. The number of nitrogens with zero attached hydrogens (tertiary/aromatic N) is 1. The number of aromatic hydroxyl groups is 1. The minimum atomic E-state index is -0.973. The van der Waals surface area contributed by atoms with Gasteiger partial charge in [0.15, 0.2) is 11.6 Å². The van der Waals surface area contributed by atoms with Crippen LogP contribution in [-0.4, -0.2) is 21.6 Å². The topological polar surface area (TPSA) is 73.0 Å². The Labute approximate surface area is 141 Å². The molecule has 0 radical (unpaired) electrons. The molecular weight excluding hydrogens is 338 g/mol. The minimum Gasteiger partial charge on any atom is -0.505 e. The maximum absolute atomic E-state index is 13.3. The van der Waals surface area contributed by atoms with E-state index in [1.165, 1.54) is 0 Å². The van der Waals surface area contributed by atoms with Crippen molar-refractivity contribution in [2.45, 2.75) is 13.5 Å². The van der Waals surface area contributed by atoms with Gasteiger partial charge >= 0.3 is 0 Å². The standard InChI is InChI=1S/C16H15ClF2N4O/c1-2-20-7-8-3-9(17)4-14(15(8)24)23-16-21-12-5-10(18)11(19)6-13(12)22-16/h3-6,20,24H,2,7H2,1H3,(H2,21,22,23). The Morgan fingerprint density at radius 1 is 1.21 bits per heavy atom. The zero-order chi connectivity index (χ0) is 17.3. The van der Waals surface area contributed by atoms with Crippen LogP contribution in [0.5, 0.6) is 5.75 Å². The molecule has 0 atom stereocenters. The van der Waals surface area contributed by atoms with Gasteiger partial charge in [-0.05, 0) is 18.7 Å². The van der Waals surface area contributed by atoms with E-state index in [1.807, 2.05) is 6.92 Å². The molecule has 0 saturated carbocycles. The van der Waals surface area contributed by atoms with Gasteiger partial charge in [0.2, 0.25) is 5.95 Å². The predicted octanol–water partition coefficient (Wildman–Crippen LogP) is 4.05. The quantitative estimate of drug-likeness (QED) is 0.523. The summed E-state index contributed by atoms with van der Waals surface area (Å²) in [6.45, 7) is 3.15. The monoisotopic (exact) mass is 352 g/mol. The molecule has 3 rings (SSSR count). The largest absolute Gasteiger partial charge is 0.505 e. The van der Waals surface area contributed by atoms with Crippen molar-refractivity contribution in [3.63, 3.8) is 0 Å². The van der Waals surface area contributed by atoms with E-state index in [-0.39, 0.29) is 17.2 Å². The van der Waals surface area contributed by atoms with Gasteiger partial charge in [-0.15, -0.1) is 0 Å². The Morgan fingerprint density at radius 2 is 1.96 bits per heavy atom. The summed E-state index contributed by atoms with van der Waals surface area (Å²) in [6.07, 6.45) is 0. The van der Waals surface area contributed by atoms with E-state index in [9.17, 15) is 13.9 Å². The molecule has 5 nitrogen and oxygen atoms in total. The van der Waals surface area contributed by atoms with E-state index >= 15 is 0 Å². The van der Waals surface area contributed by atoms with Crippen LogP contribution in [0.25, 0.3) is 11.0 Å².